The predicted molar refractivity (Wildman–Crippen MR) is 105 cm³/mol. The molecule has 0 fully saturated rings. The van der Waals surface area contributed by atoms with Crippen LogP contribution in [0, 0.1) is 13.8 Å². The molecule has 3 N–H and O–H groups in total. The van der Waals surface area contributed by atoms with Gasteiger partial charge < -0.3 is 5.73 Å². The summed E-state index contributed by atoms with van der Waals surface area (Å²) < 4.78 is 0. The molecule has 1 heterocycles. The van der Waals surface area contributed by atoms with E-state index in [0.29, 0.717) is 23.4 Å². The van der Waals surface area contributed by atoms with Crippen molar-refractivity contribution in [3.8, 4) is 0 Å². The summed E-state index contributed by atoms with van der Waals surface area (Å²) in [5.41, 5.74) is 12.3. The minimum Gasteiger partial charge on any atom is -0.365 e. The topological polar surface area (TPSA) is 71.8 Å². The highest BCUT2D eigenvalue weighted by Crippen LogP contribution is 2.20. The molecule has 0 spiro atoms. The molecule has 5 heteroatoms. The van der Waals surface area contributed by atoms with Gasteiger partial charge in [0, 0.05) is 11.4 Å². The van der Waals surface area contributed by atoms with Crippen molar-refractivity contribution in [2.24, 2.45) is 5.73 Å². The van der Waals surface area contributed by atoms with E-state index in [0.717, 1.165) is 23.4 Å². The van der Waals surface area contributed by atoms with Gasteiger partial charge in [-0.05, 0) is 55.5 Å². The molecule has 0 saturated heterocycles. The maximum Gasteiger partial charge on any atom is 0.252 e. The molecule has 0 aliphatic rings. The molecule has 134 valence electrons. The number of carbonyl (C=O) groups excluding carboxylic acids is 1. The summed E-state index contributed by atoms with van der Waals surface area (Å²) >= 11 is 6.04. The number of hydrogen-bond acceptors (Lipinski definition) is 2. The molecule has 0 atom stereocenters. The molecule has 3 aromatic rings. The number of H-pyrrole nitrogens is 1. The van der Waals surface area contributed by atoms with E-state index in [1.165, 1.54) is 16.7 Å². The number of nitrogens with one attached hydrogen (secondary N) is 1. The summed E-state index contributed by atoms with van der Waals surface area (Å²) in [6, 6.07) is 14.0. The Morgan fingerprint density at radius 1 is 1.15 bits per heavy atom. The van der Waals surface area contributed by atoms with Crippen LogP contribution in [0.1, 0.15) is 44.0 Å². The Kier molecular flexibility index (Phi) is 5.43. The predicted octanol–water partition coefficient (Wildman–Crippen LogP) is 4.15. The molecule has 4 nitrogen and oxygen atoms in total. The Hall–Kier alpha value is -2.59. The zero-order valence-electron chi connectivity index (χ0n) is 15.0. The van der Waals surface area contributed by atoms with E-state index in [1.54, 1.807) is 0 Å². The molecule has 26 heavy (non-hydrogen) atoms. The Morgan fingerprint density at radius 2 is 1.96 bits per heavy atom. The van der Waals surface area contributed by atoms with E-state index >= 15 is 0 Å². The lowest BCUT2D eigenvalue weighted by atomic mass is 9.98. The molecule has 2 aromatic carbocycles. The van der Waals surface area contributed by atoms with Gasteiger partial charge in [-0.25, -0.2) is 0 Å². The monoisotopic (exact) mass is 367 g/mol. The van der Waals surface area contributed by atoms with E-state index in [9.17, 15) is 4.79 Å². The SMILES string of the molecule is Cc1ccc(CCc2n[nH]c(Cc3cccc(Cl)c3)c2C(N)=O)c(C)c1. The van der Waals surface area contributed by atoms with Crippen LogP contribution in [0.25, 0.3) is 0 Å². The van der Waals surface area contributed by atoms with E-state index < -0.39 is 5.91 Å². The third kappa shape index (κ3) is 4.14. The smallest absolute Gasteiger partial charge is 0.252 e. The number of amides is 1. The van der Waals surface area contributed by atoms with Crippen molar-refractivity contribution in [2.45, 2.75) is 33.1 Å². The largest absolute Gasteiger partial charge is 0.365 e. The van der Waals surface area contributed by atoms with Gasteiger partial charge in [0.25, 0.3) is 5.91 Å². The van der Waals surface area contributed by atoms with Gasteiger partial charge in [-0.1, -0.05) is 47.5 Å². The minimum absolute atomic E-state index is 0.452. The Morgan fingerprint density at radius 3 is 2.65 bits per heavy atom. The molecule has 0 aliphatic carbocycles. The first-order valence-corrected chi connectivity index (χ1v) is 8.98. The van der Waals surface area contributed by atoms with E-state index in [2.05, 4.69) is 42.2 Å². The second kappa shape index (κ2) is 7.75. The van der Waals surface area contributed by atoms with Crippen LogP contribution in [0.5, 0.6) is 0 Å². The van der Waals surface area contributed by atoms with Crippen molar-refractivity contribution >= 4 is 17.5 Å². The van der Waals surface area contributed by atoms with Crippen LogP contribution >= 0.6 is 11.6 Å². The summed E-state index contributed by atoms with van der Waals surface area (Å²) in [6.07, 6.45) is 2.01. The van der Waals surface area contributed by atoms with Crippen molar-refractivity contribution in [3.05, 3.63) is 86.7 Å². The van der Waals surface area contributed by atoms with Crippen molar-refractivity contribution in [1.82, 2.24) is 10.2 Å². The molecule has 0 unspecified atom stereocenters. The quantitative estimate of drug-likeness (QED) is 0.686. The lowest BCUT2D eigenvalue weighted by Gasteiger charge is -2.07. The van der Waals surface area contributed by atoms with Gasteiger partial charge >= 0.3 is 0 Å². The Labute approximate surface area is 158 Å². The van der Waals surface area contributed by atoms with Crippen molar-refractivity contribution in [3.63, 3.8) is 0 Å². The molecule has 0 bridgehead atoms. The minimum atomic E-state index is -0.452. The molecule has 1 aromatic heterocycles. The normalized spacial score (nSPS) is 10.9. The van der Waals surface area contributed by atoms with Crippen LogP contribution < -0.4 is 5.73 Å². The third-order valence-corrected chi connectivity index (χ3v) is 4.80. The zero-order valence-corrected chi connectivity index (χ0v) is 15.7. The number of rotatable bonds is 6. The summed E-state index contributed by atoms with van der Waals surface area (Å²) in [5.74, 6) is -0.452. The summed E-state index contributed by atoms with van der Waals surface area (Å²) in [7, 11) is 0. The van der Waals surface area contributed by atoms with Gasteiger partial charge in [-0.3, -0.25) is 9.89 Å². The summed E-state index contributed by atoms with van der Waals surface area (Å²) in [5, 5.41) is 8.01. The Balaban J connectivity index is 1.82. The van der Waals surface area contributed by atoms with Crippen LogP contribution in [0.3, 0.4) is 0 Å². The van der Waals surface area contributed by atoms with Crippen LogP contribution in [-0.2, 0) is 19.3 Å². The first-order valence-electron chi connectivity index (χ1n) is 8.60. The van der Waals surface area contributed by atoms with Crippen LogP contribution in [0.4, 0.5) is 0 Å². The van der Waals surface area contributed by atoms with Crippen molar-refractivity contribution in [2.75, 3.05) is 0 Å². The molecule has 1 amide bonds. The highest BCUT2D eigenvalue weighted by molar-refractivity contribution is 6.30. The lowest BCUT2D eigenvalue weighted by molar-refractivity contribution is 0.0998. The number of nitrogens with two attached hydrogens (primary N) is 1. The first kappa shape index (κ1) is 18.2. The van der Waals surface area contributed by atoms with Crippen LogP contribution in [0.15, 0.2) is 42.5 Å². The molecular weight excluding hydrogens is 346 g/mol. The van der Waals surface area contributed by atoms with Crippen LogP contribution in [-0.4, -0.2) is 16.1 Å². The number of halogens is 1. The number of aryl methyl sites for hydroxylation is 4. The lowest BCUT2D eigenvalue weighted by Crippen LogP contribution is -2.15. The average molecular weight is 368 g/mol. The van der Waals surface area contributed by atoms with E-state index in [4.69, 9.17) is 17.3 Å². The number of hydrogen-bond donors (Lipinski definition) is 2. The van der Waals surface area contributed by atoms with Crippen molar-refractivity contribution < 1.29 is 4.79 Å². The number of benzene rings is 2. The second-order valence-electron chi connectivity index (χ2n) is 6.62. The number of primary amides is 1. The highest BCUT2D eigenvalue weighted by Gasteiger charge is 2.18. The maximum absolute atomic E-state index is 12.0. The highest BCUT2D eigenvalue weighted by atomic mass is 35.5. The van der Waals surface area contributed by atoms with E-state index in [-0.39, 0.29) is 0 Å². The maximum atomic E-state index is 12.0. The third-order valence-electron chi connectivity index (χ3n) is 4.56. The average Bonchev–Trinajstić information content (AvgIpc) is 2.97. The van der Waals surface area contributed by atoms with Gasteiger partial charge in [0.15, 0.2) is 0 Å². The molecule has 0 aliphatic heterocycles. The summed E-state index contributed by atoms with van der Waals surface area (Å²) in [4.78, 5) is 12.0. The number of aromatic nitrogens is 2. The standard InChI is InChI=1S/C21H22ClN3O/c1-13-6-7-16(14(2)10-13)8-9-18-20(21(23)26)19(25-24-18)12-15-4-3-5-17(22)11-15/h3-7,10-11H,8-9,12H2,1-2H3,(H2,23,26)(H,24,25). The first-order chi connectivity index (χ1) is 12.4. The van der Waals surface area contributed by atoms with Crippen LogP contribution in [0.2, 0.25) is 5.02 Å². The molecule has 3 rings (SSSR count). The number of nitrogens with zero attached hydrogens (tertiary/aromatic N) is 1. The van der Waals surface area contributed by atoms with E-state index in [1.807, 2.05) is 24.3 Å². The van der Waals surface area contributed by atoms with Gasteiger partial charge in [-0.15, -0.1) is 0 Å². The van der Waals surface area contributed by atoms with Gasteiger partial charge in [0.1, 0.15) is 0 Å². The van der Waals surface area contributed by atoms with Gasteiger partial charge in [0.05, 0.1) is 17.0 Å². The van der Waals surface area contributed by atoms with Crippen molar-refractivity contribution in [1.29, 1.82) is 0 Å². The summed E-state index contributed by atoms with van der Waals surface area (Å²) in [6.45, 7) is 4.18. The Bertz CT molecular complexity index is 946. The fourth-order valence-electron chi connectivity index (χ4n) is 3.25. The fraction of sp³-hybridized carbons (Fsp3) is 0.238. The van der Waals surface area contributed by atoms with Gasteiger partial charge in [-0.2, -0.15) is 5.10 Å². The molecular formula is C21H22ClN3O. The number of aromatic amines is 1. The second-order valence-corrected chi connectivity index (χ2v) is 7.06. The number of carbonyl (C=O) groups is 1. The molecule has 0 saturated carbocycles. The molecule has 0 radical (unpaired) electrons. The van der Waals surface area contributed by atoms with Gasteiger partial charge in [0.2, 0.25) is 0 Å². The zero-order chi connectivity index (χ0) is 18.7. The fourth-order valence-corrected chi connectivity index (χ4v) is 3.46.